The van der Waals surface area contributed by atoms with Crippen molar-refractivity contribution in [1.82, 2.24) is 5.06 Å². The van der Waals surface area contributed by atoms with Gasteiger partial charge in [0.1, 0.15) is 6.10 Å². The highest BCUT2D eigenvalue weighted by molar-refractivity contribution is 5.83. The summed E-state index contributed by atoms with van der Waals surface area (Å²) in [7, 11) is 3.41. The van der Waals surface area contributed by atoms with Gasteiger partial charge in [0.15, 0.2) is 0 Å². The van der Waals surface area contributed by atoms with Gasteiger partial charge in [0.05, 0.1) is 12.5 Å². The highest BCUT2D eigenvalue weighted by atomic mass is 16.7. The molecule has 0 bridgehead atoms. The predicted molar refractivity (Wildman–Crippen MR) is 154 cm³/mol. The van der Waals surface area contributed by atoms with Crippen molar-refractivity contribution in [3.05, 3.63) is 12.2 Å². The van der Waals surface area contributed by atoms with Crippen LogP contribution in [0.2, 0.25) is 0 Å². The first kappa shape index (κ1) is 29.1. The summed E-state index contributed by atoms with van der Waals surface area (Å²) >= 11 is 0. The van der Waals surface area contributed by atoms with Crippen LogP contribution in [0.15, 0.2) is 12.2 Å². The van der Waals surface area contributed by atoms with Gasteiger partial charge in [0, 0.05) is 19.4 Å². The summed E-state index contributed by atoms with van der Waals surface area (Å²) in [6.45, 7) is 20.8. The zero-order valence-corrected chi connectivity index (χ0v) is 26.3. The predicted octanol–water partition coefficient (Wildman–Crippen LogP) is 7.60. The fraction of sp³-hybridized carbons (Fsp3) is 0.882. The van der Waals surface area contributed by atoms with Crippen LogP contribution in [0.3, 0.4) is 0 Å². The quantitative estimate of drug-likeness (QED) is 0.209. The van der Waals surface area contributed by atoms with E-state index in [4.69, 9.17) is 9.57 Å². The third-order valence-electron chi connectivity index (χ3n) is 14.3. The second-order valence-corrected chi connectivity index (χ2v) is 15.8. The molecule has 3 unspecified atom stereocenters. The topological polar surface area (TPSA) is 55.8 Å². The van der Waals surface area contributed by atoms with Gasteiger partial charge in [-0.3, -0.25) is 14.4 Å². The zero-order valence-electron chi connectivity index (χ0n) is 26.3. The van der Waals surface area contributed by atoms with Crippen molar-refractivity contribution in [3.8, 4) is 0 Å². The molecule has 5 fully saturated rings. The number of carbonyl (C=O) groups excluding carboxylic acids is 2. The average molecular weight is 542 g/mol. The summed E-state index contributed by atoms with van der Waals surface area (Å²) < 4.78 is 5.92. The molecule has 0 aromatic carbocycles. The third-order valence-corrected chi connectivity index (χ3v) is 14.3. The molecule has 220 valence electrons. The molecule has 0 N–H and O–H groups in total. The molecule has 0 spiro atoms. The molecule has 5 aliphatic carbocycles. The lowest BCUT2D eigenvalue weighted by atomic mass is 9.32. The molecular formula is C34H55NO4. The molecule has 39 heavy (non-hydrogen) atoms. The van der Waals surface area contributed by atoms with Crippen molar-refractivity contribution < 1.29 is 19.2 Å². The molecule has 5 heteroatoms. The van der Waals surface area contributed by atoms with Crippen LogP contribution >= 0.6 is 0 Å². The van der Waals surface area contributed by atoms with Crippen LogP contribution in [0.5, 0.6) is 0 Å². The number of nitrogens with zero attached hydrogens (tertiary/aromatic N) is 1. The Labute approximate surface area is 237 Å². The van der Waals surface area contributed by atoms with Gasteiger partial charge >= 0.3 is 5.97 Å². The molecule has 5 nitrogen and oxygen atoms in total. The van der Waals surface area contributed by atoms with Gasteiger partial charge in [-0.05, 0) is 117 Å². The summed E-state index contributed by atoms with van der Waals surface area (Å²) in [4.78, 5) is 31.4. The van der Waals surface area contributed by atoms with Crippen molar-refractivity contribution in [2.24, 2.45) is 56.7 Å². The molecule has 0 aliphatic heterocycles. The first-order valence-corrected chi connectivity index (χ1v) is 15.7. The second kappa shape index (κ2) is 9.33. The lowest BCUT2D eigenvalue weighted by Crippen LogP contribution is -2.67. The Hall–Kier alpha value is -1.36. The minimum atomic E-state index is -0.326. The number of rotatable bonds is 4. The molecule has 0 radical (unpaired) electrons. The minimum absolute atomic E-state index is 0.0123. The van der Waals surface area contributed by atoms with Crippen molar-refractivity contribution >= 4 is 11.9 Å². The Bertz CT molecular complexity index is 1040. The normalized spacial score (nSPS) is 48.1. The molecule has 5 aliphatic rings. The first-order chi connectivity index (χ1) is 18.1. The number of hydroxylamine groups is 2. The lowest BCUT2D eigenvalue weighted by molar-refractivity contribution is -0.252. The molecule has 0 aromatic rings. The number of fused-ring (bicyclic) bond motifs is 7. The van der Waals surface area contributed by atoms with E-state index in [1.807, 2.05) is 0 Å². The lowest BCUT2D eigenvalue weighted by Gasteiger charge is -2.72. The Kier molecular flexibility index (Phi) is 6.97. The van der Waals surface area contributed by atoms with E-state index < -0.39 is 0 Å². The first-order valence-electron chi connectivity index (χ1n) is 15.7. The van der Waals surface area contributed by atoms with Crippen LogP contribution in [-0.4, -0.2) is 37.2 Å². The van der Waals surface area contributed by atoms with E-state index in [9.17, 15) is 9.59 Å². The Morgan fingerprint density at radius 3 is 2.13 bits per heavy atom. The van der Waals surface area contributed by atoms with Crippen LogP contribution in [0.25, 0.3) is 0 Å². The van der Waals surface area contributed by atoms with E-state index in [1.165, 1.54) is 36.3 Å². The zero-order chi connectivity index (χ0) is 28.8. The van der Waals surface area contributed by atoms with E-state index in [-0.39, 0.29) is 45.1 Å². The van der Waals surface area contributed by atoms with E-state index in [0.717, 1.165) is 38.5 Å². The van der Waals surface area contributed by atoms with Crippen LogP contribution in [0.1, 0.15) is 113 Å². The second-order valence-electron chi connectivity index (χ2n) is 15.8. The molecule has 1 amide bonds. The van der Waals surface area contributed by atoms with Crippen molar-refractivity contribution in [3.63, 3.8) is 0 Å². The maximum absolute atomic E-state index is 14.0. The molecule has 0 heterocycles. The fourth-order valence-corrected chi connectivity index (χ4v) is 12.3. The van der Waals surface area contributed by atoms with Crippen LogP contribution < -0.4 is 0 Å². The van der Waals surface area contributed by atoms with Crippen molar-refractivity contribution in [2.75, 3.05) is 14.2 Å². The van der Waals surface area contributed by atoms with E-state index in [0.29, 0.717) is 29.6 Å². The number of hydrogen-bond acceptors (Lipinski definition) is 4. The minimum Gasteiger partial charge on any atom is -0.462 e. The number of ether oxygens (including phenoxy) is 1. The summed E-state index contributed by atoms with van der Waals surface area (Å²) in [5.74, 6) is 2.53. The number of amides is 1. The Morgan fingerprint density at radius 2 is 1.51 bits per heavy atom. The summed E-state index contributed by atoms with van der Waals surface area (Å²) in [5.41, 5.74) is 1.58. The molecule has 0 saturated heterocycles. The molecule has 0 aromatic heterocycles. The average Bonchev–Trinajstić information content (AvgIpc) is 3.26. The smallest absolute Gasteiger partial charge is 0.302 e. The largest absolute Gasteiger partial charge is 0.462 e. The van der Waals surface area contributed by atoms with Crippen molar-refractivity contribution in [1.29, 1.82) is 0 Å². The van der Waals surface area contributed by atoms with Gasteiger partial charge in [-0.1, -0.05) is 46.8 Å². The standard InChI is InChI=1S/C34H55NO4/c1-21(2)23-13-18-34(29(37)35(9)38-10)20-19-32(7)24(28(23)34)11-12-26-31(6)16-15-27(39-22(3)36)30(4,5)25(31)14-17-33(26,32)8/h23-28H,1,11-20H2,2-10H3/t23-,24+,25?,26?,27-,28?,31-,32+,33+,34-/m0/s1. The number of allylic oxidation sites excluding steroid dienone is 1. The van der Waals surface area contributed by atoms with Crippen LogP contribution in [0, 0.1) is 56.7 Å². The van der Waals surface area contributed by atoms with Gasteiger partial charge < -0.3 is 4.74 Å². The number of carbonyl (C=O) groups is 2. The molecule has 10 atom stereocenters. The van der Waals surface area contributed by atoms with Gasteiger partial charge in [-0.15, -0.1) is 0 Å². The van der Waals surface area contributed by atoms with Crippen molar-refractivity contribution in [2.45, 2.75) is 119 Å². The maximum Gasteiger partial charge on any atom is 0.302 e. The van der Waals surface area contributed by atoms with Gasteiger partial charge in [0.25, 0.3) is 5.91 Å². The summed E-state index contributed by atoms with van der Waals surface area (Å²) in [6.07, 6.45) is 11.1. The molecule has 5 rings (SSSR count). The monoisotopic (exact) mass is 541 g/mol. The SMILES string of the molecule is C=C(C)[C@@H]1CC[C@]2(C(=O)N(C)OC)CC[C@]3(C)[C@H](CCC4[C@@]5(C)CC[C@H](OC(C)=O)C(C)(C)C5CC[C@]43C)C12. The highest BCUT2D eigenvalue weighted by Crippen LogP contribution is 2.77. The number of hydrogen-bond donors (Lipinski definition) is 0. The number of esters is 1. The van der Waals surface area contributed by atoms with Crippen LogP contribution in [0.4, 0.5) is 0 Å². The highest BCUT2D eigenvalue weighted by Gasteiger charge is 2.72. The Balaban J connectivity index is 1.52. The molecular weight excluding hydrogens is 486 g/mol. The third kappa shape index (κ3) is 3.79. The fourth-order valence-electron chi connectivity index (χ4n) is 12.3. The molecule has 5 saturated carbocycles. The van der Waals surface area contributed by atoms with Gasteiger partial charge in [-0.25, -0.2) is 5.06 Å². The van der Waals surface area contributed by atoms with Gasteiger partial charge in [0.2, 0.25) is 0 Å². The summed E-state index contributed by atoms with van der Waals surface area (Å²) in [6, 6.07) is 0. The van der Waals surface area contributed by atoms with E-state index in [2.05, 4.69) is 48.1 Å². The summed E-state index contributed by atoms with van der Waals surface area (Å²) in [5, 5.41) is 1.51. The Morgan fingerprint density at radius 1 is 0.821 bits per heavy atom. The maximum atomic E-state index is 14.0. The van der Waals surface area contributed by atoms with E-state index >= 15 is 0 Å². The van der Waals surface area contributed by atoms with Crippen LogP contribution in [-0.2, 0) is 19.2 Å². The van der Waals surface area contributed by atoms with Gasteiger partial charge in [-0.2, -0.15) is 0 Å². The van der Waals surface area contributed by atoms with E-state index in [1.54, 1.807) is 21.1 Å².